The summed E-state index contributed by atoms with van der Waals surface area (Å²) in [5, 5.41) is 2.33. The number of amides is 1. The molecule has 1 aliphatic heterocycles. The molecule has 0 unspecified atom stereocenters. The highest BCUT2D eigenvalue weighted by Crippen LogP contribution is 2.40. The van der Waals surface area contributed by atoms with E-state index in [1.165, 1.54) is 17.1 Å². The zero-order valence-electron chi connectivity index (χ0n) is 19.4. The van der Waals surface area contributed by atoms with E-state index in [1.807, 2.05) is 66.7 Å². The van der Waals surface area contributed by atoms with Gasteiger partial charge in [0.25, 0.3) is 5.91 Å². The first-order valence-corrected chi connectivity index (χ1v) is 13.3. The normalized spacial score (nSPS) is 14.6. The molecule has 1 heterocycles. The van der Waals surface area contributed by atoms with Gasteiger partial charge in [-0.05, 0) is 61.6 Å². The summed E-state index contributed by atoms with van der Waals surface area (Å²) in [5.74, 6) is 1.09. The molecule has 1 fully saturated rings. The fourth-order valence-corrected chi connectivity index (χ4v) is 5.91. The summed E-state index contributed by atoms with van der Waals surface area (Å²) in [6.07, 6.45) is 1.84. The van der Waals surface area contributed by atoms with Gasteiger partial charge in [0.15, 0.2) is 11.5 Å². The molecule has 1 amide bonds. The number of hydrogen-bond donors (Lipinski definition) is 0. The molecule has 4 aromatic carbocycles. The standard InChI is InChI=1S/C29H22BrNO3S2/c1-33-25-15-20(16-26-28(32)31(29(35)36-26)17-19-8-3-2-4-9-19)14-24(30)27(25)34-18-22-12-7-11-21-10-5-6-13-23(21)22/h2-16H,17-18H2,1H3/b26-16+. The Morgan fingerprint density at radius 2 is 1.75 bits per heavy atom. The summed E-state index contributed by atoms with van der Waals surface area (Å²) >= 11 is 10.4. The van der Waals surface area contributed by atoms with Crippen LogP contribution in [0.5, 0.6) is 11.5 Å². The van der Waals surface area contributed by atoms with E-state index in [0.717, 1.165) is 26.5 Å². The van der Waals surface area contributed by atoms with Gasteiger partial charge in [0.05, 0.1) is 23.0 Å². The molecule has 0 aliphatic carbocycles. The van der Waals surface area contributed by atoms with E-state index >= 15 is 0 Å². The van der Waals surface area contributed by atoms with Gasteiger partial charge in [0.1, 0.15) is 10.9 Å². The van der Waals surface area contributed by atoms with Crippen LogP contribution < -0.4 is 9.47 Å². The van der Waals surface area contributed by atoms with Crippen LogP contribution >= 0.6 is 39.9 Å². The Labute approximate surface area is 228 Å². The number of thioether (sulfide) groups is 1. The second-order valence-electron chi connectivity index (χ2n) is 8.21. The zero-order valence-corrected chi connectivity index (χ0v) is 22.7. The van der Waals surface area contributed by atoms with E-state index < -0.39 is 0 Å². The summed E-state index contributed by atoms with van der Waals surface area (Å²) in [7, 11) is 1.61. The Balaban J connectivity index is 1.37. The third kappa shape index (κ3) is 5.19. The van der Waals surface area contributed by atoms with Crippen molar-refractivity contribution in [3.8, 4) is 11.5 Å². The quantitative estimate of drug-likeness (QED) is 0.167. The van der Waals surface area contributed by atoms with Crippen molar-refractivity contribution in [2.24, 2.45) is 0 Å². The van der Waals surface area contributed by atoms with Crippen LogP contribution in [0.2, 0.25) is 0 Å². The number of nitrogens with zero attached hydrogens (tertiary/aromatic N) is 1. The lowest BCUT2D eigenvalue weighted by Crippen LogP contribution is -2.27. The third-order valence-electron chi connectivity index (χ3n) is 5.86. The number of halogens is 1. The highest BCUT2D eigenvalue weighted by atomic mass is 79.9. The van der Waals surface area contributed by atoms with E-state index in [1.54, 1.807) is 12.0 Å². The lowest BCUT2D eigenvalue weighted by atomic mass is 10.1. The molecule has 0 spiro atoms. The second kappa shape index (κ2) is 10.9. The van der Waals surface area contributed by atoms with E-state index in [2.05, 4.69) is 40.2 Å². The molecule has 0 aromatic heterocycles. The first kappa shape index (κ1) is 24.6. The van der Waals surface area contributed by atoms with Gasteiger partial charge in [-0.3, -0.25) is 9.69 Å². The fourth-order valence-electron chi connectivity index (χ4n) is 4.09. The maximum atomic E-state index is 13.1. The smallest absolute Gasteiger partial charge is 0.266 e. The average molecular weight is 577 g/mol. The first-order valence-electron chi connectivity index (χ1n) is 11.3. The van der Waals surface area contributed by atoms with Crippen molar-refractivity contribution in [2.45, 2.75) is 13.2 Å². The summed E-state index contributed by atoms with van der Waals surface area (Å²) in [6.45, 7) is 0.852. The number of carbonyl (C=O) groups excluding carboxylic acids is 1. The van der Waals surface area contributed by atoms with Gasteiger partial charge >= 0.3 is 0 Å². The van der Waals surface area contributed by atoms with Crippen molar-refractivity contribution >= 4 is 67.0 Å². The molecular formula is C29H22BrNO3S2. The molecule has 4 aromatic rings. The van der Waals surface area contributed by atoms with Gasteiger partial charge in [-0.1, -0.05) is 96.8 Å². The van der Waals surface area contributed by atoms with Gasteiger partial charge in [0.2, 0.25) is 0 Å². The number of ether oxygens (including phenoxy) is 2. The molecule has 1 saturated heterocycles. The lowest BCUT2D eigenvalue weighted by Gasteiger charge is -2.15. The minimum Gasteiger partial charge on any atom is -0.493 e. The summed E-state index contributed by atoms with van der Waals surface area (Å²) in [4.78, 5) is 15.3. The number of carbonyl (C=O) groups is 1. The Morgan fingerprint density at radius 1 is 1.00 bits per heavy atom. The molecule has 0 atom stereocenters. The van der Waals surface area contributed by atoms with Crippen LogP contribution in [-0.2, 0) is 17.9 Å². The number of methoxy groups -OCH3 is 1. The molecule has 36 heavy (non-hydrogen) atoms. The average Bonchev–Trinajstić information content (AvgIpc) is 3.15. The largest absolute Gasteiger partial charge is 0.493 e. The number of rotatable bonds is 7. The zero-order chi connectivity index (χ0) is 25.1. The van der Waals surface area contributed by atoms with Crippen LogP contribution in [0.15, 0.2) is 94.3 Å². The topological polar surface area (TPSA) is 38.8 Å². The lowest BCUT2D eigenvalue weighted by molar-refractivity contribution is -0.122. The van der Waals surface area contributed by atoms with E-state index in [4.69, 9.17) is 21.7 Å². The van der Waals surface area contributed by atoms with Crippen molar-refractivity contribution in [1.29, 1.82) is 0 Å². The maximum absolute atomic E-state index is 13.1. The predicted molar refractivity (Wildman–Crippen MR) is 154 cm³/mol. The number of thiocarbonyl (C=S) groups is 1. The minimum absolute atomic E-state index is 0.0970. The Morgan fingerprint density at radius 3 is 2.56 bits per heavy atom. The number of hydrogen-bond acceptors (Lipinski definition) is 5. The van der Waals surface area contributed by atoms with E-state index in [9.17, 15) is 4.79 Å². The highest BCUT2D eigenvalue weighted by molar-refractivity contribution is 9.10. The van der Waals surface area contributed by atoms with Crippen molar-refractivity contribution < 1.29 is 14.3 Å². The predicted octanol–water partition coefficient (Wildman–Crippen LogP) is 7.59. The molecule has 0 N–H and O–H groups in total. The van der Waals surface area contributed by atoms with Crippen LogP contribution in [-0.4, -0.2) is 22.2 Å². The van der Waals surface area contributed by atoms with Gasteiger partial charge in [-0.2, -0.15) is 0 Å². The molecule has 0 radical (unpaired) electrons. The number of fused-ring (bicyclic) bond motifs is 1. The maximum Gasteiger partial charge on any atom is 0.266 e. The van der Waals surface area contributed by atoms with Gasteiger partial charge in [-0.15, -0.1) is 0 Å². The van der Waals surface area contributed by atoms with Crippen LogP contribution in [0.25, 0.3) is 16.8 Å². The number of benzene rings is 4. The summed E-state index contributed by atoms with van der Waals surface area (Å²) in [6, 6.07) is 28.1. The molecular weight excluding hydrogens is 554 g/mol. The van der Waals surface area contributed by atoms with Crippen LogP contribution in [0.4, 0.5) is 0 Å². The molecule has 7 heteroatoms. The Kier molecular flexibility index (Phi) is 7.41. The summed E-state index contributed by atoms with van der Waals surface area (Å²) < 4.78 is 13.1. The van der Waals surface area contributed by atoms with E-state index in [0.29, 0.717) is 33.9 Å². The van der Waals surface area contributed by atoms with Crippen LogP contribution in [0.1, 0.15) is 16.7 Å². The first-order chi connectivity index (χ1) is 17.5. The highest BCUT2D eigenvalue weighted by Gasteiger charge is 2.32. The molecule has 1 aliphatic rings. The fraction of sp³-hybridized carbons (Fsp3) is 0.103. The Hall–Kier alpha value is -3.13. The van der Waals surface area contributed by atoms with Gasteiger partial charge in [0, 0.05) is 0 Å². The van der Waals surface area contributed by atoms with E-state index in [-0.39, 0.29) is 5.91 Å². The monoisotopic (exact) mass is 575 g/mol. The van der Waals surface area contributed by atoms with Crippen molar-refractivity contribution in [3.63, 3.8) is 0 Å². The molecule has 0 bridgehead atoms. The Bertz CT molecular complexity index is 1480. The van der Waals surface area contributed by atoms with Crippen molar-refractivity contribution in [2.75, 3.05) is 7.11 Å². The third-order valence-corrected chi connectivity index (χ3v) is 7.83. The molecule has 0 saturated carbocycles. The molecule has 180 valence electrons. The van der Waals surface area contributed by atoms with Crippen LogP contribution in [0.3, 0.4) is 0 Å². The van der Waals surface area contributed by atoms with Gasteiger partial charge in [-0.25, -0.2) is 0 Å². The second-order valence-corrected chi connectivity index (χ2v) is 10.7. The molecule has 5 rings (SSSR count). The van der Waals surface area contributed by atoms with Crippen LogP contribution in [0, 0.1) is 0 Å². The minimum atomic E-state index is -0.0970. The summed E-state index contributed by atoms with van der Waals surface area (Å²) in [5.41, 5.74) is 2.94. The SMILES string of the molecule is COc1cc(/C=C2/SC(=S)N(Cc3ccccc3)C2=O)cc(Br)c1OCc1cccc2ccccc12. The van der Waals surface area contributed by atoms with Gasteiger partial charge < -0.3 is 9.47 Å². The van der Waals surface area contributed by atoms with Crippen molar-refractivity contribution in [1.82, 2.24) is 4.90 Å². The molecule has 4 nitrogen and oxygen atoms in total. The van der Waals surface area contributed by atoms with Crippen molar-refractivity contribution in [3.05, 3.63) is 111 Å².